The van der Waals surface area contributed by atoms with Crippen molar-refractivity contribution >= 4 is 56.8 Å². The maximum absolute atomic E-state index is 12.2. The van der Waals surface area contributed by atoms with Crippen LogP contribution in [0.15, 0.2) is 42.5 Å². The van der Waals surface area contributed by atoms with Gasteiger partial charge in [-0.1, -0.05) is 0 Å². The first-order valence-electron chi connectivity index (χ1n) is 5.50. The molecule has 0 radical (unpaired) electrons. The fraction of sp³-hybridized carbons (Fsp3) is 0.0714. The maximum atomic E-state index is 12.2. The highest BCUT2D eigenvalue weighted by atomic mass is 127. The summed E-state index contributed by atoms with van der Waals surface area (Å²) in [4.78, 5) is 12.2. The summed E-state index contributed by atoms with van der Waals surface area (Å²) in [6, 6.07) is 13.1. The summed E-state index contributed by atoms with van der Waals surface area (Å²) in [5.74, 6) is 0.662. The van der Waals surface area contributed by atoms with Crippen LogP contribution in [0.5, 0.6) is 5.75 Å². The number of ether oxygens (including phenoxy) is 1. The van der Waals surface area contributed by atoms with Gasteiger partial charge >= 0.3 is 0 Å². The third-order valence-corrected chi connectivity index (χ3v) is 4.13. The second-order valence-corrected chi connectivity index (χ2v) is 6.21. The number of rotatable bonds is 3. The van der Waals surface area contributed by atoms with Crippen molar-refractivity contribution in [3.8, 4) is 5.75 Å². The van der Waals surface area contributed by atoms with Gasteiger partial charge in [-0.25, -0.2) is 0 Å². The molecule has 0 bridgehead atoms. The van der Waals surface area contributed by atoms with Gasteiger partial charge in [0.1, 0.15) is 5.75 Å². The van der Waals surface area contributed by atoms with E-state index >= 15 is 0 Å². The second-order valence-electron chi connectivity index (χ2n) is 3.81. The first kappa shape index (κ1) is 14.6. The highest BCUT2D eigenvalue weighted by molar-refractivity contribution is 14.1. The van der Waals surface area contributed by atoms with Crippen LogP contribution in [0, 0.1) is 7.14 Å². The Labute approximate surface area is 139 Å². The third-order valence-electron chi connectivity index (χ3n) is 2.52. The van der Waals surface area contributed by atoms with E-state index in [1.54, 1.807) is 7.11 Å². The van der Waals surface area contributed by atoms with Crippen LogP contribution in [0.25, 0.3) is 0 Å². The molecule has 0 saturated heterocycles. The van der Waals surface area contributed by atoms with Gasteiger partial charge in [0.25, 0.3) is 5.91 Å². The van der Waals surface area contributed by atoms with E-state index in [9.17, 15) is 4.79 Å². The molecule has 0 aliphatic carbocycles. The lowest BCUT2D eigenvalue weighted by Crippen LogP contribution is -2.13. The summed E-state index contributed by atoms with van der Waals surface area (Å²) < 4.78 is 7.05. The molecule has 0 saturated carbocycles. The Morgan fingerprint density at radius 2 is 1.79 bits per heavy atom. The predicted octanol–water partition coefficient (Wildman–Crippen LogP) is 4.16. The Balaban J connectivity index is 2.18. The van der Waals surface area contributed by atoms with Crippen LogP contribution in [0.3, 0.4) is 0 Å². The summed E-state index contributed by atoms with van der Waals surface area (Å²) in [6.45, 7) is 0. The molecule has 0 fully saturated rings. The van der Waals surface area contributed by atoms with Gasteiger partial charge in [0.05, 0.1) is 12.7 Å². The zero-order valence-corrected chi connectivity index (χ0v) is 14.4. The number of hydrogen-bond donors (Lipinski definition) is 1. The van der Waals surface area contributed by atoms with Crippen molar-refractivity contribution in [2.45, 2.75) is 0 Å². The van der Waals surface area contributed by atoms with Crippen molar-refractivity contribution in [3.05, 3.63) is 55.2 Å². The molecule has 0 aromatic heterocycles. The quantitative estimate of drug-likeness (QED) is 0.673. The summed E-state index contributed by atoms with van der Waals surface area (Å²) in [5.41, 5.74) is 1.43. The molecule has 98 valence electrons. The zero-order chi connectivity index (χ0) is 13.8. The van der Waals surface area contributed by atoms with Crippen LogP contribution in [-0.2, 0) is 0 Å². The van der Waals surface area contributed by atoms with Crippen LogP contribution in [-0.4, -0.2) is 13.0 Å². The van der Waals surface area contributed by atoms with Crippen LogP contribution < -0.4 is 10.1 Å². The Morgan fingerprint density at radius 1 is 1.11 bits per heavy atom. The van der Waals surface area contributed by atoms with E-state index in [4.69, 9.17) is 4.74 Å². The normalized spacial score (nSPS) is 10.1. The molecule has 5 heteroatoms. The van der Waals surface area contributed by atoms with Crippen molar-refractivity contribution < 1.29 is 9.53 Å². The molecule has 0 aliphatic heterocycles. The SMILES string of the molecule is COc1ccc(NC(=O)c2cc(I)ccc2I)cc1. The number of benzene rings is 2. The van der Waals surface area contributed by atoms with Gasteiger partial charge in [-0.15, -0.1) is 0 Å². The topological polar surface area (TPSA) is 38.3 Å². The lowest BCUT2D eigenvalue weighted by molar-refractivity contribution is 0.102. The second kappa shape index (κ2) is 6.56. The van der Waals surface area contributed by atoms with Gasteiger partial charge in [-0.05, 0) is 87.6 Å². The van der Waals surface area contributed by atoms with Gasteiger partial charge in [-0.3, -0.25) is 4.79 Å². The van der Waals surface area contributed by atoms with Crippen molar-refractivity contribution in [2.75, 3.05) is 12.4 Å². The molecule has 0 spiro atoms. The molecule has 1 N–H and O–H groups in total. The molecule has 2 rings (SSSR count). The number of nitrogens with one attached hydrogen (secondary N) is 1. The average molecular weight is 479 g/mol. The largest absolute Gasteiger partial charge is 0.497 e. The van der Waals surface area contributed by atoms with Gasteiger partial charge in [0.15, 0.2) is 0 Å². The molecule has 1 amide bonds. The van der Waals surface area contributed by atoms with Crippen LogP contribution in [0.2, 0.25) is 0 Å². The van der Waals surface area contributed by atoms with Gasteiger partial charge in [0.2, 0.25) is 0 Å². The first-order chi connectivity index (χ1) is 9.10. The van der Waals surface area contributed by atoms with E-state index in [-0.39, 0.29) is 5.91 Å². The number of hydrogen-bond acceptors (Lipinski definition) is 2. The van der Waals surface area contributed by atoms with Crippen LogP contribution >= 0.6 is 45.2 Å². The summed E-state index contributed by atoms with van der Waals surface area (Å²) in [5, 5.41) is 2.87. The van der Waals surface area contributed by atoms with Crippen LogP contribution in [0.1, 0.15) is 10.4 Å². The number of carbonyl (C=O) groups is 1. The number of anilines is 1. The van der Waals surface area contributed by atoms with Gasteiger partial charge in [-0.2, -0.15) is 0 Å². The Hall–Kier alpha value is -0.830. The molecule has 0 unspecified atom stereocenters. The monoisotopic (exact) mass is 479 g/mol. The summed E-state index contributed by atoms with van der Waals surface area (Å²) >= 11 is 4.36. The molecule has 19 heavy (non-hydrogen) atoms. The van der Waals surface area contributed by atoms with Crippen molar-refractivity contribution in [3.63, 3.8) is 0 Å². The summed E-state index contributed by atoms with van der Waals surface area (Å²) in [6.07, 6.45) is 0. The van der Waals surface area contributed by atoms with E-state index in [0.717, 1.165) is 18.6 Å². The molecular formula is C14H11I2NO2. The molecule has 2 aromatic rings. The fourth-order valence-corrected chi connectivity index (χ4v) is 2.62. The molecule has 2 aromatic carbocycles. The lowest BCUT2D eigenvalue weighted by atomic mass is 10.2. The van der Waals surface area contributed by atoms with Crippen LogP contribution in [0.4, 0.5) is 5.69 Å². The highest BCUT2D eigenvalue weighted by Gasteiger charge is 2.10. The summed E-state index contributed by atoms with van der Waals surface area (Å²) in [7, 11) is 1.61. The minimum absolute atomic E-state index is 0.104. The molecule has 3 nitrogen and oxygen atoms in total. The Bertz CT molecular complexity index is 597. The minimum Gasteiger partial charge on any atom is -0.497 e. The third kappa shape index (κ3) is 3.82. The molecule has 0 heterocycles. The average Bonchev–Trinajstić information content (AvgIpc) is 2.42. The smallest absolute Gasteiger partial charge is 0.256 e. The van der Waals surface area contributed by atoms with E-state index in [1.165, 1.54) is 0 Å². The Morgan fingerprint density at radius 3 is 2.42 bits per heavy atom. The predicted molar refractivity (Wildman–Crippen MR) is 92.8 cm³/mol. The number of amides is 1. The fourth-order valence-electron chi connectivity index (χ4n) is 1.54. The van der Waals surface area contributed by atoms with Gasteiger partial charge < -0.3 is 10.1 Å². The zero-order valence-electron chi connectivity index (χ0n) is 10.1. The first-order valence-corrected chi connectivity index (χ1v) is 7.66. The minimum atomic E-state index is -0.104. The van der Waals surface area contributed by atoms with Crippen molar-refractivity contribution in [2.24, 2.45) is 0 Å². The van der Waals surface area contributed by atoms with E-state index < -0.39 is 0 Å². The number of carbonyl (C=O) groups excluding carboxylic acids is 1. The highest BCUT2D eigenvalue weighted by Crippen LogP contribution is 2.19. The van der Waals surface area contributed by atoms with E-state index in [2.05, 4.69) is 50.5 Å². The van der Waals surface area contributed by atoms with Crippen molar-refractivity contribution in [1.82, 2.24) is 0 Å². The van der Waals surface area contributed by atoms with Gasteiger partial charge in [0, 0.05) is 12.8 Å². The van der Waals surface area contributed by atoms with E-state index in [1.807, 2.05) is 42.5 Å². The number of methoxy groups -OCH3 is 1. The van der Waals surface area contributed by atoms with Crippen molar-refractivity contribution in [1.29, 1.82) is 0 Å². The standard InChI is InChI=1S/C14H11I2NO2/c1-19-11-5-3-10(4-6-11)17-14(18)12-8-9(15)2-7-13(12)16/h2-8H,1H3,(H,17,18). The van der Waals surface area contributed by atoms with E-state index in [0.29, 0.717) is 5.56 Å². The lowest BCUT2D eigenvalue weighted by Gasteiger charge is -2.08. The maximum Gasteiger partial charge on any atom is 0.256 e. The number of halogens is 2. The molecule has 0 atom stereocenters. The Kier molecular flexibility index (Phi) is 5.03. The molecular weight excluding hydrogens is 468 g/mol. The molecule has 0 aliphatic rings.